The van der Waals surface area contributed by atoms with Crippen LogP contribution in [0.1, 0.15) is 14.3 Å². The molecule has 12 heavy (non-hydrogen) atoms. The first kappa shape index (κ1) is 8.28. The Morgan fingerprint density at radius 1 is 1.08 bits per heavy atom. The molecule has 0 aliphatic heterocycles. The van der Waals surface area contributed by atoms with Crippen LogP contribution >= 0.6 is 0 Å². The standard InChI is InChI=1S/2C5H5.CH3.Ti.H/c2*1-2-4-5-3-1;;;/h2*1-3H,4H2;1H3;;/q;;;;-1. The van der Waals surface area contributed by atoms with Gasteiger partial charge >= 0.3 is 80.2 Å². The fourth-order valence-electron chi connectivity index (χ4n) is 1.66. The summed E-state index contributed by atoms with van der Waals surface area (Å²) in [6, 6.07) is 0. The number of hydrogen-bond donors (Lipinski definition) is 0. The van der Waals surface area contributed by atoms with Gasteiger partial charge < -0.3 is 1.43 Å². The van der Waals surface area contributed by atoms with E-state index in [0.717, 1.165) is 0 Å². The second-order valence-corrected chi connectivity index (χ2v) is 7.23. The van der Waals surface area contributed by atoms with Gasteiger partial charge in [0, 0.05) is 0 Å². The molecule has 0 saturated carbocycles. The van der Waals surface area contributed by atoms with Crippen molar-refractivity contribution in [3.8, 4) is 0 Å². The molecule has 0 aromatic heterocycles. The summed E-state index contributed by atoms with van der Waals surface area (Å²) < 4.78 is 3.45. The number of allylic oxidation sites excluding steroid dienone is 8. The molecule has 0 nitrogen and oxygen atoms in total. The van der Waals surface area contributed by atoms with Gasteiger partial charge in [0.25, 0.3) is 0 Å². The molecule has 0 fully saturated rings. The van der Waals surface area contributed by atoms with Crippen LogP contribution in [0.5, 0.6) is 0 Å². The van der Waals surface area contributed by atoms with E-state index in [-0.39, 0.29) is 1.43 Å². The fraction of sp³-hybridized carbons (Fsp3) is 0.273. The summed E-state index contributed by atoms with van der Waals surface area (Å²) in [5.74, 6) is 0. The average molecular weight is 194 g/mol. The Hall–Kier alpha value is -0.326. The van der Waals surface area contributed by atoms with Gasteiger partial charge in [-0.25, -0.2) is 0 Å². The smallest absolute Gasteiger partial charge is 1.00 e. The minimum atomic E-state index is -0.981. The van der Waals surface area contributed by atoms with Crippen LogP contribution in [-0.4, -0.2) is 0 Å². The number of hydrogen-bond acceptors (Lipinski definition) is 0. The predicted molar refractivity (Wildman–Crippen MR) is 50.7 cm³/mol. The van der Waals surface area contributed by atoms with Gasteiger partial charge in [0.05, 0.1) is 0 Å². The first-order chi connectivity index (χ1) is 5.88. The topological polar surface area (TPSA) is 0 Å². The van der Waals surface area contributed by atoms with Crippen molar-refractivity contribution in [3.05, 3.63) is 44.2 Å². The molecule has 0 aromatic rings. The van der Waals surface area contributed by atoms with Gasteiger partial charge in [0.1, 0.15) is 0 Å². The van der Waals surface area contributed by atoms with Crippen LogP contribution in [0.3, 0.4) is 0 Å². The molecule has 2 aliphatic carbocycles. The second-order valence-electron chi connectivity index (χ2n) is 3.27. The molecule has 0 unspecified atom stereocenters. The summed E-state index contributed by atoms with van der Waals surface area (Å²) in [6.07, 6.45) is 16.1. The molecular weight excluding hydrogens is 180 g/mol. The Kier molecular flexibility index (Phi) is 2.48. The van der Waals surface area contributed by atoms with E-state index in [2.05, 4.69) is 41.7 Å². The molecule has 1 heteroatoms. The zero-order valence-corrected chi connectivity index (χ0v) is 8.94. The van der Waals surface area contributed by atoms with E-state index in [1.807, 2.05) is 0 Å². The Labute approximate surface area is 81.7 Å². The van der Waals surface area contributed by atoms with Gasteiger partial charge in [-0.1, -0.05) is 0 Å². The van der Waals surface area contributed by atoms with E-state index in [4.69, 9.17) is 0 Å². The molecule has 0 N–H and O–H groups in total. The summed E-state index contributed by atoms with van der Waals surface area (Å²) in [5, 5.41) is 2.47. The maximum absolute atomic E-state index is 2.47. The van der Waals surface area contributed by atoms with E-state index < -0.39 is 17.9 Å². The van der Waals surface area contributed by atoms with Gasteiger partial charge in [-0.05, 0) is 0 Å². The van der Waals surface area contributed by atoms with Crippen molar-refractivity contribution in [1.29, 1.82) is 0 Å². The Morgan fingerprint density at radius 2 is 1.58 bits per heavy atom. The van der Waals surface area contributed by atoms with Crippen molar-refractivity contribution in [2.45, 2.75) is 18.1 Å². The van der Waals surface area contributed by atoms with Crippen LogP contribution in [-0.2, 0) is 17.9 Å². The predicted octanol–water partition coefficient (Wildman–Crippen LogP) is 3.45. The fourth-order valence-corrected chi connectivity index (χ4v) is 4.71. The molecule has 2 rings (SSSR count). The minimum absolute atomic E-state index is 0. The summed E-state index contributed by atoms with van der Waals surface area (Å²) in [5.41, 5.74) is 0. The molecular formula is C11H14Ti-. The molecule has 0 saturated heterocycles. The number of rotatable bonds is 2. The Balaban J connectivity index is 0.000000845. The van der Waals surface area contributed by atoms with Crippen molar-refractivity contribution >= 4 is 0 Å². The van der Waals surface area contributed by atoms with Crippen LogP contribution in [0.15, 0.2) is 44.2 Å². The van der Waals surface area contributed by atoms with Gasteiger partial charge in [-0.3, -0.25) is 0 Å². The zero-order valence-electron chi connectivity index (χ0n) is 8.38. The third kappa shape index (κ3) is 1.55. The maximum Gasteiger partial charge on any atom is -1.00 e. The van der Waals surface area contributed by atoms with E-state index in [9.17, 15) is 0 Å². The van der Waals surface area contributed by atoms with Crippen molar-refractivity contribution < 1.29 is 19.3 Å². The molecule has 0 aromatic carbocycles. The molecule has 0 heterocycles. The first-order valence-electron chi connectivity index (χ1n) is 4.43. The van der Waals surface area contributed by atoms with Crippen molar-refractivity contribution in [2.24, 2.45) is 0 Å². The van der Waals surface area contributed by atoms with E-state index in [1.165, 1.54) is 12.8 Å². The quantitative estimate of drug-likeness (QED) is 0.590. The van der Waals surface area contributed by atoms with Crippen LogP contribution in [0, 0.1) is 0 Å². The molecule has 0 atom stereocenters. The van der Waals surface area contributed by atoms with Gasteiger partial charge in [-0.15, -0.1) is 0 Å². The summed E-state index contributed by atoms with van der Waals surface area (Å²) in [6.45, 7) is 0. The zero-order chi connectivity index (χ0) is 8.39. The van der Waals surface area contributed by atoms with E-state index >= 15 is 0 Å². The third-order valence-corrected chi connectivity index (χ3v) is 6.67. The molecule has 2 aliphatic rings. The van der Waals surface area contributed by atoms with Crippen LogP contribution in [0.4, 0.5) is 0 Å². The summed E-state index contributed by atoms with van der Waals surface area (Å²) in [4.78, 5) is 0. The average Bonchev–Trinajstić information content (AvgIpc) is 2.77. The molecule has 0 spiro atoms. The largest absolute Gasteiger partial charge is 1.00 e. The monoisotopic (exact) mass is 194 g/mol. The van der Waals surface area contributed by atoms with Crippen molar-refractivity contribution in [2.75, 3.05) is 0 Å². The SMILES string of the molecule is [CH3][Ti]([C]1=CC=CC1)[C]1=CC=CC1.[H-]. The summed E-state index contributed by atoms with van der Waals surface area (Å²) >= 11 is -0.981. The van der Waals surface area contributed by atoms with Crippen molar-refractivity contribution in [1.82, 2.24) is 0 Å². The molecule has 63 valence electrons. The maximum atomic E-state index is 2.47. The van der Waals surface area contributed by atoms with Crippen LogP contribution in [0.2, 0.25) is 5.23 Å². The van der Waals surface area contributed by atoms with Gasteiger partial charge in [0.2, 0.25) is 0 Å². The molecule has 0 amide bonds. The summed E-state index contributed by atoms with van der Waals surface area (Å²) in [7, 11) is 0. The normalized spacial score (nSPS) is 19.8. The molecule has 0 radical (unpaired) electrons. The molecule has 0 bridgehead atoms. The van der Waals surface area contributed by atoms with E-state index in [0.29, 0.717) is 0 Å². The van der Waals surface area contributed by atoms with Crippen LogP contribution < -0.4 is 0 Å². The Bertz CT molecular complexity index is 267. The minimum Gasteiger partial charge on any atom is -1.00 e. The third-order valence-electron chi connectivity index (χ3n) is 2.51. The van der Waals surface area contributed by atoms with Gasteiger partial charge in [-0.2, -0.15) is 0 Å². The van der Waals surface area contributed by atoms with E-state index in [1.54, 1.807) is 7.76 Å². The van der Waals surface area contributed by atoms with Crippen LogP contribution in [0.25, 0.3) is 0 Å². The second kappa shape index (κ2) is 3.59. The first-order valence-corrected chi connectivity index (χ1v) is 7.56. The Morgan fingerprint density at radius 3 is 1.92 bits per heavy atom. The van der Waals surface area contributed by atoms with Gasteiger partial charge in [0.15, 0.2) is 0 Å². The van der Waals surface area contributed by atoms with Crippen molar-refractivity contribution in [3.63, 3.8) is 0 Å².